The molecule has 0 unspecified atom stereocenters. The van der Waals surface area contributed by atoms with E-state index in [2.05, 4.69) is 10.1 Å². The van der Waals surface area contributed by atoms with Crippen molar-refractivity contribution >= 4 is 11.9 Å². The fourth-order valence-corrected chi connectivity index (χ4v) is 1.17. The van der Waals surface area contributed by atoms with Crippen LogP contribution < -0.4 is 5.32 Å². The quantitative estimate of drug-likeness (QED) is 0.523. The van der Waals surface area contributed by atoms with Crippen LogP contribution in [0.4, 0.5) is 0 Å². The van der Waals surface area contributed by atoms with Crippen LogP contribution >= 0.6 is 0 Å². The molecule has 0 spiro atoms. The third-order valence-electron chi connectivity index (χ3n) is 2.20. The van der Waals surface area contributed by atoms with Crippen LogP contribution in [0.1, 0.15) is 20.3 Å². The average Bonchev–Trinajstić information content (AvgIpc) is 2.32. The Morgan fingerprint density at radius 3 is 2.59 bits per heavy atom. The molecule has 0 aliphatic rings. The lowest BCUT2D eigenvalue weighted by molar-refractivity contribution is -0.136. The van der Waals surface area contributed by atoms with Crippen molar-refractivity contribution < 1.29 is 14.3 Å². The molecular formula is C12H22N2O3. The predicted octanol–water partition coefficient (Wildman–Crippen LogP) is 0.564. The zero-order valence-corrected chi connectivity index (χ0v) is 11.1. The Bertz CT molecular complexity index is 287. The number of rotatable bonds is 7. The van der Waals surface area contributed by atoms with Crippen molar-refractivity contribution in [3.63, 3.8) is 0 Å². The maximum atomic E-state index is 11.4. The van der Waals surface area contributed by atoms with E-state index in [1.165, 1.54) is 7.11 Å². The van der Waals surface area contributed by atoms with E-state index in [1.807, 2.05) is 18.9 Å². The number of nitrogens with zero attached hydrogens (tertiary/aromatic N) is 1. The molecule has 0 radical (unpaired) electrons. The number of likely N-dealkylation sites (N-methyl/N-ethyl adjacent to an activating group) is 1. The molecule has 0 aromatic heterocycles. The highest BCUT2D eigenvalue weighted by Gasteiger charge is 2.06. The summed E-state index contributed by atoms with van der Waals surface area (Å²) < 4.78 is 4.57. The average molecular weight is 242 g/mol. The number of hydrogen-bond donors (Lipinski definition) is 1. The van der Waals surface area contributed by atoms with Crippen LogP contribution in [0.2, 0.25) is 0 Å². The van der Waals surface area contributed by atoms with Gasteiger partial charge < -0.3 is 10.1 Å². The minimum absolute atomic E-state index is 0.00142. The molecule has 0 aromatic rings. The smallest absolute Gasteiger partial charge is 0.333 e. The van der Waals surface area contributed by atoms with Crippen molar-refractivity contribution in [1.29, 1.82) is 0 Å². The normalized spacial score (nSPS) is 11.5. The lowest BCUT2D eigenvalue weighted by Crippen LogP contribution is -2.35. The molecule has 0 aliphatic carbocycles. The third kappa shape index (κ3) is 7.52. The van der Waals surface area contributed by atoms with Gasteiger partial charge in [-0.2, -0.15) is 0 Å². The van der Waals surface area contributed by atoms with Gasteiger partial charge in [0.2, 0.25) is 5.91 Å². The van der Waals surface area contributed by atoms with Crippen LogP contribution in [0, 0.1) is 0 Å². The van der Waals surface area contributed by atoms with Crippen LogP contribution in [0.15, 0.2) is 11.6 Å². The highest BCUT2D eigenvalue weighted by atomic mass is 16.5. The first kappa shape index (κ1) is 15.6. The largest absolute Gasteiger partial charge is 0.466 e. The number of esters is 1. The van der Waals surface area contributed by atoms with Gasteiger partial charge in [0, 0.05) is 18.7 Å². The molecule has 0 aliphatic heterocycles. The maximum absolute atomic E-state index is 11.4. The van der Waals surface area contributed by atoms with Gasteiger partial charge in [-0.3, -0.25) is 9.69 Å². The van der Waals surface area contributed by atoms with Gasteiger partial charge in [-0.1, -0.05) is 13.0 Å². The molecule has 1 amide bonds. The molecule has 0 bridgehead atoms. The maximum Gasteiger partial charge on any atom is 0.333 e. The van der Waals surface area contributed by atoms with Crippen LogP contribution in [-0.4, -0.2) is 50.6 Å². The summed E-state index contributed by atoms with van der Waals surface area (Å²) in [5.74, 6) is -0.340. The zero-order chi connectivity index (χ0) is 13.3. The second-order valence-electron chi connectivity index (χ2n) is 3.93. The van der Waals surface area contributed by atoms with E-state index in [0.717, 1.165) is 6.42 Å². The Morgan fingerprint density at radius 2 is 2.06 bits per heavy atom. The second-order valence-corrected chi connectivity index (χ2v) is 3.93. The van der Waals surface area contributed by atoms with E-state index in [4.69, 9.17) is 0 Å². The van der Waals surface area contributed by atoms with Crippen LogP contribution in [0.25, 0.3) is 0 Å². The van der Waals surface area contributed by atoms with Gasteiger partial charge in [-0.05, 0) is 20.4 Å². The van der Waals surface area contributed by atoms with E-state index in [0.29, 0.717) is 25.2 Å². The minimum atomic E-state index is -0.339. The molecule has 0 saturated heterocycles. The molecule has 0 heterocycles. The van der Waals surface area contributed by atoms with Gasteiger partial charge in [-0.15, -0.1) is 0 Å². The Labute approximate surface area is 103 Å². The van der Waals surface area contributed by atoms with Gasteiger partial charge in [0.1, 0.15) is 0 Å². The summed E-state index contributed by atoms with van der Waals surface area (Å²) >= 11 is 0. The van der Waals surface area contributed by atoms with Gasteiger partial charge in [0.15, 0.2) is 0 Å². The molecule has 5 nitrogen and oxygen atoms in total. The second kappa shape index (κ2) is 8.75. The standard InChI is InChI=1S/C12H22N2O3/c1-5-7-13-11(15)9-14(3)8-6-10(2)12(16)17-4/h6H,5,7-9H2,1-4H3,(H,13,15). The number of carbonyl (C=O) groups is 2. The van der Waals surface area contributed by atoms with Gasteiger partial charge in [0.25, 0.3) is 0 Å². The van der Waals surface area contributed by atoms with E-state index in [1.54, 1.807) is 13.0 Å². The zero-order valence-electron chi connectivity index (χ0n) is 11.1. The molecule has 0 rings (SSSR count). The number of hydrogen-bond acceptors (Lipinski definition) is 4. The monoisotopic (exact) mass is 242 g/mol. The number of ether oxygens (including phenoxy) is 1. The highest BCUT2D eigenvalue weighted by molar-refractivity contribution is 5.87. The lowest BCUT2D eigenvalue weighted by atomic mass is 10.3. The van der Waals surface area contributed by atoms with Gasteiger partial charge in [0.05, 0.1) is 13.7 Å². The number of nitrogens with one attached hydrogen (secondary N) is 1. The molecular weight excluding hydrogens is 220 g/mol. The molecule has 0 saturated carbocycles. The summed E-state index contributed by atoms with van der Waals surface area (Å²) in [4.78, 5) is 24.3. The fourth-order valence-electron chi connectivity index (χ4n) is 1.17. The Hall–Kier alpha value is -1.36. The number of carbonyl (C=O) groups excluding carboxylic acids is 2. The first-order valence-electron chi connectivity index (χ1n) is 5.71. The molecule has 1 N–H and O–H groups in total. The SMILES string of the molecule is CCCNC(=O)CN(C)CC=C(C)C(=O)OC. The molecule has 98 valence electrons. The third-order valence-corrected chi connectivity index (χ3v) is 2.20. The van der Waals surface area contributed by atoms with Gasteiger partial charge in [-0.25, -0.2) is 4.79 Å². The Morgan fingerprint density at radius 1 is 1.41 bits per heavy atom. The summed E-state index contributed by atoms with van der Waals surface area (Å²) in [6, 6.07) is 0. The van der Waals surface area contributed by atoms with Crippen molar-refractivity contribution in [2.45, 2.75) is 20.3 Å². The van der Waals surface area contributed by atoms with Crippen molar-refractivity contribution in [1.82, 2.24) is 10.2 Å². The minimum Gasteiger partial charge on any atom is -0.466 e. The summed E-state index contributed by atoms with van der Waals surface area (Å²) in [7, 11) is 3.17. The van der Waals surface area contributed by atoms with Crippen molar-refractivity contribution in [3.8, 4) is 0 Å². The van der Waals surface area contributed by atoms with E-state index >= 15 is 0 Å². The fraction of sp³-hybridized carbons (Fsp3) is 0.667. The summed E-state index contributed by atoms with van der Waals surface area (Å²) in [5.41, 5.74) is 0.549. The van der Waals surface area contributed by atoms with Crippen molar-refractivity contribution in [2.75, 3.05) is 33.8 Å². The van der Waals surface area contributed by atoms with Crippen molar-refractivity contribution in [2.24, 2.45) is 0 Å². The molecule has 5 heteroatoms. The molecule has 0 atom stereocenters. The van der Waals surface area contributed by atoms with Crippen molar-refractivity contribution in [3.05, 3.63) is 11.6 Å². The highest BCUT2D eigenvalue weighted by Crippen LogP contribution is 1.96. The van der Waals surface area contributed by atoms with Gasteiger partial charge >= 0.3 is 5.97 Å². The van der Waals surface area contributed by atoms with E-state index in [-0.39, 0.29) is 11.9 Å². The predicted molar refractivity (Wildman–Crippen MR) is 66.6 cm³/mol. The van der Waals surface area contributed by atoms with E-state index < -0.39 is 0 Å². The number of methoxy groups -OCH3 is 1. The molecule has 0 aromatic carbocycles. The first-order chi connectivity index (χ1) is 8.01. The topological polar surface area (TPSA) is 58.6 Å². The van der Waals surface area contributed by atoms with Crippen LogP contribution in [0.3, 0.4) is 0 Å². The first-order valence-corrected chi connectivity index (χ1v) is 5.71. The van der Waals surface area contributed by atoms with E-state index in [9.17, 15) is 9.59 Å². The lowest BCUT2D eigenvalue weighted by Gasteiger charge is -2.14. The molecule has 0 fully saturated rings. The Kier molecular flexibility index (Phi) is 8.05. The summed E-state index contributed by atoms with van der Waals surface area (Å²) in [5, 5.41) is 2.79. The van der Waals surface area contributed by atoms with Crippen LogP contribution in [0.5, 0.6) is 0 Å². The summed E-state index contributed by atoms with van der Waals surface area (Å²) in [6.45, 7) is 5.26. The molecule has 17 heavy (non-hydrogen) atoms. The summed E-state index contributed by atoms with van der Waals surface area (Å²) in [6.07, 6.45) is 2.68. The number of amides is 1. The Balaban J connectivity index is 3.97. The van der Waals surface area contributed by atoms with Crippen LogP contribution in [-0.2, 0) is 14.3 Å².